The van der Waals surface area contributed by atoms with Crippen LogP contribution in [0.3, 0.4) is 0 Å². The van der Waals surface area contributed by atoms with E-state index < -0.39 is 0 Å². The van der Waals surface area contributed by atoms with E-state index in [0.717, 1.165) is 19.3 Å². The molecule has 0 aromatic carbocycles. The van der Waals surface area contributed by atoms with Gasteiger partial charge in [-0.1, -0.05) is 0 Å². The Balaban J connectivity index is 2.11. The summed E-state index contributed by atoms with van der Waals surface area (Å²) < 4.78 is 4.75. The third-order valence-corrected chi connectivity index (χ3v) is 3.20. The number of ether oxygens (including phenoxy) is 1. The number of fused-ring (bicyclic) bond motifs is 2. The average Bonchev–Trinajstić information content (AvgIpc) is 2.48. The first-order valence-electron chi connectivity index (χ1n) is 4.82. The second-order valence-corrected chi connectivity index (χ2v) is 4.00. The number of hydrogen-bond acceptors (Lipinski definition) is 4. The van der Waals surface area contributed by atoms with Crippen molar-refractivity contribution in [3.8, 4) is 0 Å². The first kappa shape index (κ1) is 8.97. The lowest BCUT2D eigenvalue weighted by Crippen LogP contribution is -2.54. The Hall–Kier alpha value is -0.610. The van der Waals surface area contributed by atoms with E-state index in [9.17, 15) is 4.79 Å². The van der Waals surface area contributed by atoms with E-state index in [-0.39, 0.29) is 24.0 Å². The van der Waals surface area contributed by atoms with Gasteiger partial charge in [0.15, 0.2) is 0 Å². The van der Waals surface area contributed by atoms with Gasteiger partial charge in [0, 0.05) is 18.1 Å². The van der Waals surface area contributed by atoms with Gasteiger partial charge >= 0.3 is 5.97 Å². The highest BCUT2D eigenvalue weighted by atomic mass is 16.5. The highest BCUT2D eigenvalue weighted by Gasteiger charge is 2.44. The Kier molecular flexibility index (Phi) is 2.26. The summed E-state index contributed by atoms with van der Waals surface area (Å²) in [7, 11) is 1.43. The van der Waals surface area contributed by atoms with Crippen molar-refractivity contribution in [2.75, 3.05) is 7.11 Å². The fourth-order valence-electron chi connectivity index (χ4n) is 2.57. The summed E-state index contributed by atoms with van der Waals surface area (Å²) >= 11 is 0. The molecule has 0 aromatic rings. The van der Waals surface area contributed by atoms with Gasteiger partial charge in [0.1, 0.15) is 0 Å². The van der Waals surface area contributed by atoms with Crippen LogP contribution in [0.1, 0.15) is 19.3 Å². The molecule has 4 nitrogen and oxygen atoms in total. The van der Waals surface area contributed by atoms with E-state index >= 15 is 0 Å². The SMILES string of the molecule is COC(=O)C1C(N)CC2CCC1N2. The molecule has 4 heteroatoms. The van der Waals surface area contributed by atoms with Crippen molar-refractivity contribution in [2.45, 2.75) is 37.4 Å². The molecule has 13 heavy (non-hydrogen) atoms. The Bertz CT molecular complexity index is 220. The van der Waals surface area contributed by atoms with E-state index in [0.29, 0.717) is 6.04 Å². The van der Waals surface area contributed by atoms with Crippen molar-refractivity contribution < 1.29 is 9.53 Å². The van der Waals surface area contributed by atoms with Crippen molar-refractivity contribution in [3.63, 3.8) is 0 Å². The van der Waals surface area contributed by atoms with Crippen molar-refractivity contribution in [2.24, 2.45) is 11.7 Å². The minimum atomic E-state index is -0.162. The van der Waals surface area contributed by atoms with Crippen LogP contribution in [0.25, 0.3) is 0 Å². The van der Waals surface area contributed by atoms with Crippen LogP contribution in [-0.2, 0) is 9.53 Å². The fourth-order valence-corrected chi connectivity index (χ4v) is 2.57. The summed E-state index contributed by atoms with van der Waals surface area (Å²) in [6.07, 6.45) is 3.10. The molecule has 0 saturated carbocycles. The lowest BCUT2D eigenvalue weighted by Gasteiger charge is -2.33. The maximum absolute atomic E-state index is 11.4. The molecule has 0 aromatic heterocycles. The molecule has 2 fully saturated rings. The van der Waals surface area contributed by atoms with Gasteiger partial charge in [0.05, 0.1) is 13.0 Å². The van der Waals surface area contributed by atoms with Gasteiger partial charge in [-0.25, -0.2) is 0 Å². The number of methoxy groups -OCH3 is 1. The quantitative estimate of drug-likeness (QED) is 0.546. The van der Waals surface area contributed by atoms with E-state index in [1.165, 1.54) is 7.11 Å². The van der Waals surface area contributed by atoms with Crippen LogP contribution < -0.4 is 11.1 Å². The van der Waals surface area contributed by atoms with Crippen molar-refractivity contribution >= 4 is 5.97 Å². The molecule has 4 unspecified atom stereocenters. The largest absolute Gasteiger partial charge is 0.469 e. The zero-order chi connectivity index (χ0) is 9.42. The molecule has 2 aliphatic rings. The fraction of sp³-hybridized carbons (Fsp3) is 0.889. The van der Waals surface area contributed by atoms with E-state index in [4.69, 9.17) is 10.5 Å². The number of carbonyl (C=O) groups excluding carboxylic acids is 1. The van der Waals surface area contributed by atoms with Crippen LogP contribution in [0, 0.1) is 5.92 Å². The van der Waals surface area contributed by atoms with Gasteiger partial charge in [-0.2, -0.15) is 0 Å². The maximum Gasteiger partial charge on any atom is 0.311 e. The zero-order valence-electron chi connectivity index (χ0n) is 7.82. The second kappa shape index (κ2) is 3.27. The molecule has 2 aliphatic heterocycles. The Morgan fingerprint density at radius 3 is 3.00 bits per heavy atom. The highest BCUT2D eigenvalue weighted by Crippen LogP contribution is 2.31. The summed E-state index contributed by atoms with van der Waals surface area (Å²) in [6, 6.07) is 0.758. The first-order valence-corrected chi connectivity index (χ1v) is 4.82. The smallest absolute Gasteiger partial charge is 0.311 e. The van der Waals surface area contributed by atoms with Gasteiger partial charge in [-0.15, -0.1) is 0 Å². The lowest BCUT2D eigenvalue weighted by molar-refractivity contribution is -0.147. The van der Waals surface area contributed by atoms with E-state index in [1.807, 2.05) is 0 Å². The van der Waals surface area contributed by atoms with Crippen LogP contribution in [0.2, 0.25) is 0 Å². The minimum Gasteiger partial charge on any atom is -0.469 e. The topological polar surface area (TPSA) is 64.3 Å². The molecular formula is C9H16N2O2. The molecule has 74 valence electrons. The summed E-state index contributed by atoms with van der Waals surface area (Å²) in [5.41, 5.74) is 5.94. The van der Waals surface area contributed by atoms with Gasteiger partial charge < -0.3 is 15.8 Å². The first-order chi connectivity index (χ1) is 6.22. The molecule has 2 saturated heterocycles. The summed E-state index contributed by atoms with van der Waals surface area (Å²) in [6.45, 7) is 0. The summed E-state index contributed by atoms with van der Waals surface area (Å²) in [4.78, 5) is 11.4. The molecule has 2 heterocycles. The lowest BCUT2D eigenvalue weighted by atomic mass is 9.88. The summed E-state index contributed by atoms with van der Waals surface area (Å²) in [5, 5.41) is 3.41. The maximum atomic E-state index is 11.4. The number of piperidine rings is 1. The molecule has 4 atom stereocenters. The highest BCUT2D eigenvalue weighted by molar-refractivity contribution is 5.74. The number of rotatable bonds is 1. The molecule has 2 rings (SSSR count). The Labute approximate surface area is 77.8 Å². The predicted octanol–water partition coefficient (Wildman–Crippen LogP) is -0.373. The molecule has 0 aliphatic carbocycles. The molecule has 0 amide bonds. The van der Waals surface area contributed by atoms with Gasteiger partial charge in [0.2, 0.25) is 0 Å². The third kappa shape index (κ3) is 1.44. The zero-order valence-corrected chi connectivity index (χ0v) is 7.82. The van der Waals surface area contributed by atoms with Crippen molar-refractivity contribution in [1.29, 1.82) is 0 Å². The van der Waals surface area contributed by atoms with Crippen LogP contribution in [-0.4, -0.2) is 31.2 Å². The van der Waals surface area contributed by atoms with Crippen LogP contribution >= 0.6 is 0 Å². The third-order valence-electron chi connectivity index (χ3n) is 3.20. The molecule has 3 N–H and O–H groups in total. The molecule has 2 bridgehead atoms. The van der Waals surface area contributed by atoms with Gasteiger partial charge in [-0.05, 0) is 19.3 Å². The predicted molar refractivity (Wildman–Crippen MR) is 48.0 cm³/mol. The standard InChI is InChI=1S/C9H16N2O2/c1-13-9(12)8-6(10)4-5-2-3-7(8)11-5/h5-8,11H,2-4,10H2,1H3. The number of nitrogens with one attached hydrogen (secondary N) is 1. The van der Waals surface area contributed by atoms with Crippen molar-refractivity contribution in [3.05, 3.63) is 0 Å². The van der Waals surface area contributed by atoms with E-state index in [2.05, 4.69) is 5.32 Å². The number of nitrogens with two attached hydrogens (primary N) is 1. The summed E-state index contributed by atoms with van der Waals surface area (Å²) in [5.74, 6) is -0.297. The number of hydrogen-bond donors (Lipinski definition) is 2. The normalized spacial score (nSPS) is 43.2. The average molecular weight is 184 g/mol. The Morgan fingerprint density at radius 1 is 1.54 bits per heavy atom. The van der Waals surface area contributed by atoms with E-state index in [1.54, 1.807) is 0 Å². The van der Waals surface area contributed by atoms with Gasteiger partial charge in [-0.3, -0.25) is 4.79 Å². The van der Waals surface area contributed by atoms with Crippen LogP contribution in [0.4, 0.5) is 0 Å². The van der Waals surface area contributed by atoms with Crippen molar-refractivity contribution in [1.82, 2.24) is 5.32 Å². The second-order valence-electron chi connectivity index (χ2n) is 4.00. The number of esters is 1. The molecular weight excluding hydrogens is 168 g/mol. The van der Waals surface area contributed by atoms with Gasteiger partial charge in [0.25, 0.3) is 0 Å². The molecule has 0 spiro atoms. The minimum absolute atomic E-state index is 0.0220. The molecule has 0 radical (unpaired) electrons. The number of carbonyl (C=O) groups is 1. The van der Waals surface area contributed by atoms with Crippen LogP contribution in [0.15, 0.2) is 0 Å². The van der Waals surface area contributed by atoms with Crippen LogP contribution in [0.5, 0.6) is 0 Å². The monoisotopic (exact) mass is 184 g/mol. The Morgan fingerprint density at radius 2 is 2.31 bits per heavy atom.